The van der Waals surface area contributed by atoms with Crippen LogP contribution in [0.3, 0.4) is 0 Å². The summed E-state index contributed by atoms with van der Waals surface area (Å²) < 4.78 is 8.12. The van der Waals surface area contributed by atoms with E-state index >= 15 is 0 Å². The van der Waals surface area contributed by atoms with Gasteiger partial charge in [0, 0.05) is 37.0 Å². The van der Waals surface area contributed by atoms with Crippen molar-refractivity contribution in [2.24, 2.45) is 64.4 Å². The number of aliphatic hydroxyl groups excluding tert-OH is 2. The highest BCUT2D eigenvalue weighted by atomic mass is 16.5. The molecule has 6 nitrogen and oxygen atoms in total. The molecular weight excluding hydrogens is 596 g/mol. The van der Waals surface area contributed by atoms with Crippen molar-refractivity contribution in [1.29, 1.82) is 0 Å². The minimum atomic E-state index is -0.621. The number of nitrogens with two attached hydrogens (primary N) is 1. The van der Waals surface area contributed by atoms with Crippen LogP contribution >= 0.6 is 0 Å². The van der Waals surface area contributed by atoms with E-state index in [4.69, 9.17) is 10.5 Å². The average Bonchev–Trinajstić information content (AvgIpc) is 3.49. The molecule has 5 saturated carbocycles. The van der Waals surface area contributed by atoms with Crippen molar-refractivity contribution in [2.45, 2.75) is 126 Å². The van der Waals surface area contributed by atoms with Crippen LogP contribution in [0.15, 0.2) is 18.2 Å². The molecule has 2 heterocycles. The van der Waals surface area contributed by atoms with Gasteiger partial charge in [0.05, 0.1) is 17.1 Å². The van der Waals surface area contributed by atoms with Crippen LogP contribution in [0.1, 0.15) is 108 Å². The molecule has 2 spiro atoms. The molecule has 0 radical (unpaired) electrons. The topological polar surface area (TPSA) is 108 Å². The molecule has 48 heavy (non-hydrogen) atoms. The third-order valence-electron chi connectivity index (χ3n) is 15.8. The van der Waals surface area contributed by atoms with Crippen molar-refractivity contribution >= 4 is 0 Å². The van der Waals surface area contributed by atoms with Gasteiger partial charge >= 0.3 is 0 Å². The Morgan fingerprint density at radius 2 is 1.79 bits per heavy atom. The average molecular weight is 659 g/mol. The Labute approximate surface area is 289 Å². The van der Waals surface area contributed by atoms with Crippen molar-refractivity contribution in [1.82, 2.24) is 5.32 Å². The van der Waals surface area contributed by atoms with Crippen molar-refractivity contribution in [3.63, 3.8) is 0 Å². The number of ether oxygens (including phenoxy) is 1. The lowest BCUT2D eigenvalue weighted by molar-refractivity contribution is -0.363. The van der Waals surface area contributed by atoms with Crippen LogP contribution in [0, 0.1) is 70.5 Å². The zero-order valence-electron chi connectivity index (χ0n) is 29.7. The molecule has 12 atom stereocenters. The number of fused-ring (bicyclic) bond motifs is 4. The molecule has 9 rings (SSSR count). The van der Waals surface area contributed by atoms with Crippen LogP contribution in [0.25, 0.3) is 0 Å². The summed E-state index contributed by atoms with van der Waals surface area (Å²) in [4.78, 5) is 0. The molecule has 0 aromatic heterocycles. The van der Waals surface area contributed by atoms with E-state index in [9.17, 15) is 15.3 Å². The molecule has 8 aliphatic rings. The Morgan fingerprint density at radius 3 is 2.56 bits per heavy atom. The number of rotatable bonds is 6. The first kappa shape index (κ1) is 33.5. The van der Waals surface area contributed by atoms with E-state index in [1.165, 1.54) is 44.1 Å². The van der Waals surface area contributed by atoms with Gasteiger partial charge < -0.3 is 31.1 Å². The lowest BCUT2D eigenvalue weighted by Crippen LogP contribution is -2.84. The van der Waals surface area contributed by atoms with E-state index in [2.05, 4.69) is 37.2 Å². The highest BCUT2D eigenvalue weighted by Gasteiger charge is 2.76. The van der Waals surface area contributed by atoms with Crippen LogP contribution in [-0.4, -0.2) is 58.9 Å². The maximum Gasteiger partial charge on any atom is 0.115 e. The third kappa shape index (κ3) is 5.23. The van der Waals surface area contributed by atoms with Crippen molar-refractivity contribution in [3.05, 3.63) is 29.3 Å². The second-order valence-electron chi connectivity index (χ2n) is 18.3. The van der Waals surface area contributed by atoms with Gasteiger partial charge in [0.2, 0.25) is 0 Å². The summed E-state index contributed by atoms with van der Waals surface area (Å²) in [5.74, 6) is 10.8. The Kier molecular flexibility index (Phi) is 8.77. The number of nitrogens with one attached hydrogen (secondary N) is 1. The molecule has 0 amide bonds. The van der Waals surface area contributed by atoms with Crippen molar-refractivity contribution in [3.8, 4) is 17.6 Å². The summed E-state index contributed by atoms with van der Waals surface area (Å²) in [5.41, 5.74) is 9.53. The molecule has 6 N–H and O–H groups in total. The van der Waals surface area contributed by atoms with Gasteiger partial charge in [0.15, 0.2) is 0 Å². The summed E-state index contributed by atoms with van der Waals surface area (Å²) in [6, 6.07) is 5.97. The van der Waals surface area contributed by atoms with Crippen LogP contribution in [0.5, 0.6) is 5.75 Å². The summed E-state index contributed by atoms with van der Waals surface area (Å²) >= 11 is 0. The van der Waals surface area contributed by atoms with Gasteiger partial charge in [-0.05, 0) is 168 Å². The molecule has 6 bridgehead atoms. The Balaban J connectivity index is 1.29. The monoisotopic (exact) mass is 658 g/mol. The van der Waals surface area contributed by atoms with Gasteiger partial charge in [0.25, 0.3) is 0 Å². The summed E-state index contributed by atoms with van der Waals surface area (Å²) in [7, 11) is 2.07. The fourth-order valence-electron chi connectivity index (χ4n) is 14.2. The summed E-state index contributed by atoms with van der Waals surface area (Å²) in [5, 5.41) is 35.2. The minimum absolute atomic E-state index is 0.00664. The van der Waals surface area contributed by atoms with Gasteiger partial charge in [-0.1, -0.05) is 30.7 Å². The zero-order valence-corrected chi connectivity index (χ0v) is 29.7. The summed E-state index contributed by atoms with van der Waals surface area (Å²) in [6.45, 7) is 3.80. The van der Waals surface area contributed by atoms with Gasteiger partial charge in [-0.15, -0.1) is 0 Å². The first-order valence-corrected chi connectivity index (χ1v) is 19.8. The number of aliphatic hydroxyl groups is 2. The zero-order chi connectivity index (χ0) is 33.3. The number of hydrogen-bond acceptors (Lipinski definition) is 6. The van der Waals surface area contributed by atoms with E-state index in [1.54, 1.807) is 0 Å². The van der Waals surface area contributed by atoms with Gasteiger partial charge in [0.1, 0.15) is 5.75 Å². The normalized spacial score (nSPS) is 45.8. The van der Waals surface area contributed by atoms with E-state index < -0.39 is 16.7 Å². The second kappa shape index (κ2) is 12.6. The molecule has 264 valence electrons. The Hall–Kier alpha value is -1.62. The number of phenols is 1. The fourth-order valence-corrected chi connectivity index (χ4v) is 14.2. The maximum atomic E-state index is 11.1. The first-order chi connectivity index (χ1) is 23.2. The predicted molar refractivity (Wildman–Crippen MR) is 189 cm³/mol. The van der Waals surface area contributed by atoms with Crippen molar-refractivity contribution < 1.29 is 20.1 Å². The number of phenolic OH excluding ortho intramolecular Hbond substituents is 1. The quantitative estimate of drug-likeness (QED) is 0.241. The Morgan fingerprint density at radius 1 is 0.979 bits per heavy atom. The lowest BCUT2D eigenvalue weighted by atomic mass is 9.38. The highest BCUT2D eigenvalue weighted by molar-refractivity contribution is 5.40. The predicted octanol–water partition coefficient (Wildman–Crippen LogP) is 5.99. The molecule has 1 aromatic carbocycles. The van der Waals surface area contributed by atoms with Gasteiger partial charge in [-0.3, -0.25) is 0 Å². The fraction of sp³-hybridized carbons (Fsp3) is 0.810. The lowest BCUT2D eigenvalue weighted by Gasteiger charge is -2.75. The van der Waals surface area contributed by atoms with Crippen LogP contribution < -0.4 is 11.1 Å². The molecule has 2 saturated heterocycles. The summed E-state index contributed by atoms with van der Waals surface area (Å²) in [6.07, 6.45) is 18.0. The number of benzene rings is 1. The van der Waals surface area contributed by atoms with Gasteiger partial charge in [-0.25, -0.2) is 0 Å². The Bertz CT molecular complexity index is 1400. The highest BCUT2D eigenvalue weighted by Crippen LogP contribution is 2.71. The number of aromatic hydroxyl groups is 1. The van der Waals surface area contributed by atoms with E-state index in [0.717, 1.165) is 69.9 Å². The minimum Gasteiger partial charge on any atom is -0.508 e. The molecule has 7 fully saturated rings. The maximum absolute atomic E-state index is 11.1. The van der Waals surface area contributed by atoms with Crippen LogP contribution in [-0.2, 0) is 17.6 Å². The second-order valence-corrected chi connectivity index (χ2v) is 18.3. The standard InChI is InChI=1S/C42H62N2O4/c1-39(34-18-27(12-15-45)16-29(20-34)25-44-2)38-32-8-10-33(26-46)42(38,43)37-7-5-6-30-21-36(47)11-9-31(30)17-28-19-35(41(37,23-32)48-39)24-40(22-28)13-3-4-14-40/h9,11,21,27-29,32-35,37-38,44-47H,3-4,6,8,10,12-20,22-26,43H2,1-2H3. The molecule has 1 aromatic rings. The van der Waals surface area contributed by atoms with Crippen molar-refractivity contribution in [2.75, 3.05) is 26.8 Å². The van der Waals surface area contributed by atoms with E-state index in [-0.39, 0.29) is 31.0 Å². The molecular formula is C42H62N2O4. The van der Waals surface area contributed by atoms with E-state index in [0.29, 0.717) is 53.1 Å². The molecule has 6 heteroatoms. The third-order valence-corrected chi connectivity index (χ3v) is 15.8. The van der Waals surface area contributed by atoms with Gasteiger partial charge in [-0.2, -0.15) is 0 Å². The molecule has 6 aliphatic carbocycles. The first-order valence-electron chi connectivity index (χ1n) is 19.8. The van der Waals surface area contributed by atoms with Crippen LogP contribution in [0.2, 0.25) is 0 Å². The smallest absolute Gasteiger partial charge is 0.115 e. The van der Waals surface area contributed by atoms with Crippen LogP contribution in [0.4, 0.5) is 0 Å². The number of hydrogen-bond donors (Lipinski definition) is 5. The molecule has 12 unspecified atom stereocenters. The largest absolute Gasteiger partial charge is 0.508 e. The van der Waals surface area contributed by atoms with E-state index in [1.807, 2.05) is 12.1 Å². The SMILES string of the molecule is CNCC1CC(CCO)CC(C2(C)OC34CC5CCC(CO)C(N)(C52)C3C#CCc2cc(O)ccc2CC2CC4CC3(CCCC3)C2)C1. The molecule has 2 aliphatic heterocycles.